The maximum absolute atomic E-state index is 3.41. The summed E-state index contributed by atoms with van der Waals surface area (Å²) < 4.78 is 0. The van der Waals surface area contributed by atoms with Gasteiger partial charge in [-0.25, -0.2) is 0 Å². The Morgan fingerprint density at radius 1 is 1.33 bits per heavy atom. The van der Waals surface area contributed by atoms with E-state index in [1.165, 1.54) is 5.57 Å². The molecule has 0 aromatic heterocycles. The van der Waals surface area contributed by atoms with Crippen LogP contribution in [0.25, 0.3) is 0 Å². The van der Waals surface area contributed by atoms with E-state index in [9.17, 15) is 0 Å². The fraction of sp³-hybridized carbons (Fsp3) is 0.250. The highest BCUT2D eigenvalue weighted by Gasteiger charge is 1.90. The van der Waals surface area contributed by atoms with Gasteiger partial charge < -0.3 is 0 Å². The van der Waals surface area contributed by atoms with Crippen LogP contribution in [-0.2, 0) is 0 Å². The zero-order valence-corrected chi connectivity index (χ0v) is 6.76. The van der Waals surface area contributed by atoms with E-state index in [2.05, 4.69) is 46.3 Å². The summed E-state index contributed by atoms with van der Waals surface area (Å²) in [6.45, 7) is 0. The van der Waals surface area contributed by atoms with Crippen molar-refractivity contribution in [3.8, 4) is 0 Å². The van der Waals surface area contributed by atoms with Crippen LogP contribution in [-0.4, -0.2) is 5.33 Å². The Labute approximate surface area is 64.1 Å². The van der Waals surface area contributed by atoms with Gasteiger partial charge in [-0.15, -0.1) is 0 Å². The van der Waals surface area contributed by atoms with Crippen LogP contribution in [0.15, 0.2) is 36.0 Å². The van der Waals surface area contributed by atoms with Crippen LogP contribution in [0.2, 0.25) is 0 Å². The summed E-state index contributed by atoms with van der Waals surface area (Å²) >= 11 is 3.41. The molecule has 1 aliphatic rings. The smallest absolute Gasteiger partial charge is 0.0248 e. The van der Waals surface area contributed by atoms with Crippen LogP contribution in [0.1, 0.15) is 6.42 Å². The van der Waals surface area contributed by atoms with Crippen molar-refractivity contribution in [1.82, 2.24) is 0 Å². The number of rotatable bonds is 1. The average Bonchev–Trinajstić information content (AvgIpc) is 2.13. The fourth-order valence-electron chi connectivity index (χ4n) is 0.721. The molecule has 0 amide bonds. The van der Waals surface area contributed by atoms with Gasteiger partial charge in [0.15, 0.2) is 0 Å². The minimum Gasteiger partial charge on any atom is -0.0880 e. The number of alkyl halides is 1. The third-order valence-corrected chi connectivity index (χ3v) is 1.96. The first-order valence-electron chi connectivity index (χ1n) is 3.00. The normalized spacial score (nSPS) is 17.2. The molecule has 0 N–H and O–H groups in total. The van der Waals surface area contributed by atoms with Gasteiger partial charge in [-0.05, 0) is 6.42 Å². The lowest BCUT2D eigenvalue weighted by molar-refractivity contribution is 1.24. The zero-order valence-electron chi connectivity index (χ0n) is 5.18. The van der Waals surface area contributed by atoms with E-state index in [0.717, 1.165) is 11.8 Å². The molecule has 0 fully saturated rings. The summed E-state index contributed by atoms with van der Waals surface area (Å²) in [5.41, 5.74) is 1.43. The van der Waals surface area contributed by atoms with Gasteiger partial charge in [-0.3, -0.25) is 0 Å². The highest BCUT2D eigenvalue weighted by Crippen LogP contribution is 2.08. The van der Waals surface area contributed by atoms with Crippen molar-refractivity contribution in [3.63, 3.8) is 0 Å². The summed E-state index contributed by atoms with van der Waals surface area (Å²) in [5.74, 6) is 0. The summed E-state index contributed by atoms with van der Waals surface area (Å²) in [7, 11) is 0. The molecule has 9 heavy (non-hydrogen) atoms. The van der Waals surface area contributed by atoms with Gasteiger partial charge in [-0.1, -0.05) is 51.9 Å². The minimum absolute atomic E-state index is 0.988. The van der Waals surface area contributed by atoms with E-state index >= 15 is 0 Å². The first kappa shape index (κ1) is 6.81. The van der Waals surface area contributed by atoms with Crippen molar-refractivity contribution in [2.24, 2.45) is 0 Å². The second-order valence-electron chi connectivity index (χ2n) is 1.98. The van der Waals surface area contributed by atoms with Gasteiger partial charge in [-0.2, -0.15) is 0 Å². The monoisotopic (exact) mass is 184 g/mol. The molecule has 1 rings (SSSR count). The van der Waals surface area contributed by atoms with Crippen LogP contribution in [0, 0.1) is 0 Å². The standard InChI is InChI=1S/C8H9Br/c9-7-8-5-3-1-2-4-6-8/h1-5H,6-7H2. The average molecular weight is 185 g/mol. The Bertz CT molecular complexity index is 163. The van der Waals surface area contributed by atoms with Crippen LogP contribution < -0.4 is 0 Å². The molecule has 0 radical (unpaired) electrons. The van der Waals surface area contributed by atoms with Crippen molar-refractivity contribution >= 4 is 15.9 Å². The van der Waals surface area contributed by atoms with Crippen molar-refractivity contribution in [2.75, 3.05) is 5.33 Å². The summed E-state index contributed by atoms with van der Waals surface area (Å²) in [6.07, 6.45) is 11.6. The first-order valence-corrected chi connectivity index (χ1v) is 4.13. The number of hydrogen-bond donors (Lipinski definition) is 0. The molecule has 1 heteroatoms. The Hall–Kier alpha value is -0.300. The molecule has 0 aromatic carbocycles. The van der Waals surface area contributed by atoms with Gasteiger partial charge in [0.05, 0.1) is 0 Å². The molecule has 0 spiro atoms. The third-order valence-electron chi connectivity index (χ3n) is 1.24. The Balaban J connectivity index is 2.62. The number of allylic oxidation sites excluding steroid dienone is 6. The van der Waals surface area contributed by atoms with Crippen LogP contribution in [0.3, 0.4) is 0 Å². The van der Waals surface area contributed by atoms with E-state index in [0.29, 0.717) is 0 Å². The van der Waals surface area contributed by atoms with E-state index in [-0.39, 0.29) is 0 Å². The predicted octanol–water partition coefficient (Wildman–Crippen LogP) is 2.82. The molecule has 0 aliphatic heterocycles. The molecule has 0 heterocycles. The summed E-state index contributed by atoms with van der Waals surface area (Å²) in [6, 6.07) is 0. The quantitative estimate of drug-likeness (QED) is 0.551. The van der Waals surface area contributed by atoms with Gasteiger partial charge in [0.25, 0.3) is 0 Å². The highest BCUT2D eigenvalue weighted by molar-refractivity contribution is 9.09. The van der Waals surface area contributed by atoms with Crippen molar-refractivity contribution in [2.45, 2.75) is 6.42 Å². The number of halogens is 1. The lowest BCUT2D eigenvalue weighted by Gasteiger charge is -1.92. The van der Waals surface area contributed by atoms with E-state index in [1.807, 2.05) is 0 Å². The van der Waals surface area contributed by atoms with Gasteiger partial charge in [0, 0.05) is 5.33 Å². The SMILES string of the molecule is BrCC1=CC=CC=CC1. The van der Waals surface area contributed by atoms with Crippen LogP contribution in [0.4, 0.5) is 0 Å². The predicted molar refractivity (Wildman–Crippen MR) is 44.8 cm³/mol. The van der Waals surface area contributed by atoms with Gasteiger partial charge in [0.1, 0.15) is 0 Å². The van der Waals surface area contributed by atoms with E-state index in [4.69, 9.17) is 0 Å². The summed E-state index contributed by atoms with van der Waals surface area (Å²) in [5, 5.41) is 0.988. The molecular weight excluding hydrogens is 176 g/mol. The molecular formula is C8H9Br. The Morgan fingerprint density at radius 3 is 3.00 bits per heavy atom. The largest absolute Gasteiger partial charge is 0.0880 e. The molecule has 0 saturated carbocycles. The van der Waals surface area contributed by atoms with E-state index < -0.39 is 0 Å². The lowest BCUT2D eigenvalue weighted by atomic mass is 10.2. The van der Waals surface area contributed by atoms with Gasteiger partial charge >= 0.3 is 0 Å². The third kappa shape index (κ3) is 2.19. The maximum Gasteiger partial charge on any atom is 0.0248 e. The van der Waals surface area contributed by atoms with Crippen molar-refractivity contribution in [1.29, 1.82) is 0 Å². The second-order valence-corrected chi connectivity index (χ2v) is 2.54. The molecule has 48 valence electrons. The van der Waals surface area contributed by atoms with Crippen LogP contribution in [0.5, 0.6) is 0 Å². The van der Waals surface area contributed by atoms with E-state index in [1.54, 1.807) is 0 Å². The molecule has 0 aromatic rings. The minimum atomic E-state index is 0.988. The number of hydrogen-bond acceptors (Lipinski definition) is 0. The van der Waals surface area contributed by atoms with Crippen molar-refractivity contribution in [3.05, 3.63) is 36.0 Å². The van der Waals surface area contributed by atoms with Crippen LogP contribution >= 0.6 is 15.9 Å². The first-order chi connectivity index (χ1) is 4.43. The molecule has 0 unspecified atom stereocenters. The Kier molecular flexibility index (Phi) is 2.78. The molecule has 1 aliphatic carbocycles. The summed E-state index contributed by atoms with van der Waals surface area (Å²) in [4.78, 5) is 0. The maximum atomic E-state index is 3.41. The topological polar surface area (TPSA) is 0 Å². The molecule has 0 saturated heterocycles. The zero-order chi connectivity index (χ0) is 6.53. The Morgan fingerprint density at radius 2 is 2.22 bits per heavy atom. The molecule has 0 bridgehead atoms. The van der Waals surface area contributed by atoms with Gasteiger partial charge in [0.2, 0.25) is 0 Å². The molecule has 0 nitrogen and oxygen atoms in total. The van der Waals surface area contributed by atoms with Crippen molar-refractivity contribution < 1.29 is 0 Å². The lowest BCUT2D eigenvalue weighted by Crippen LogP contribution is -1.78. The molecule has 0 atom stereocenters. The fourth-order valence-corrected chi connectivity index (χ4v) is 1.14. The second kappa shape index (κ2) is 3.67. The highest BCUT2D eigenvalue weighted by atomic mass is 79.9.